The minimum Gasteiger partial charge on any atom is -0.354 e. The first kappa shape index (κ1) is 27.0. The first-order valence-corrected chi connectivity index (χ1v) is 15.4. The summed E-state index contributed by atoms with van der Waals surface area (Å²) < 4.78 is 1.89. The standard InChI is InChI=1S/C33H44N6O/c1-21(2)31-27-18-25(24-13-16-38(17-14-24)30(40)12-15-34-26-8-6-5-7-9-26)10-11-29(27)37-32(31)28-19-39-33(35-20-36-39)23(4)22(28)3/h10-11,18-21,24,26,34,37H,5-9,12-17H2,1-4H3. The van der Waals surface area contributed by atoms with Crippen LogP contribution in [0.2, 0.25) is 0 Å². The molecule has 7 heteroatoms. The molecule has 1 aromatic carbocycles. The number of hydrogen-bond donors (Lipinski definition) is 2. The van der Waals surface area contributed by atoms with E-state index in [4.69, 9.17) is 0 Å². The number of aromatic nitrogens is 4. The normalized spacial score (nSPS) is 17.5. The number of fused-ring (bicyclic) bond motifs is 2. The second-order valence-corrected chi connectivity index (χ2v) is 12.4. The smallest absolute Gasteiger partial charge is 0.223 e. The van der Waals surface area contributed by atoms with Gasteiger partial charge in [-0.15, -0.1) is 0 Å². The van der Waals surface area contributed by atoms with Crippen molar-refractivity contribution in [3.05, 3.63) is 53.0 Å². The number of benzene rings is 1. The molecule has 3 aromatic heterocycles. The minimum absolute atomic E-state index is 0.310. The highest BCUT2D eigenvalue weighted by atomic mass is 16.2. The lowest BCUT2D eigenvalue weighted by Gasteiger charge is -2.32. The van der Waals surface area contributed by atoms with E-state index in [1.54, 1.807) is 6.33 Å². The molecular weight excluding hydrogens is 496 g/mol. The molecule has 0 radical (unpaired) electrons. The van der Waals surface area contributed by atoms with Crippen molar-refractivity contribution in [2.45, 2.75) is 96.9 Å². The zero-order valence-corrected chi connectivity index (χ0v) is 24.6. The van der Waals surface area contributed by atoms with Crippen molar-refractivity contribution in [3.8, 4) is 11.3 Å². The molecule has 1 aliphatic carbocycles. The number of aryl methyl sites for hydroxylation is 1. The lowest BCUT2D eigenvalue weighted by molar-refractivity contribution is -0.132. The summed E-state index contributed by atoms with van der Waals surface area (Å²) >= 11 is 0. The molecule has 4 heterocycles. The molecule has 1 saturated carbocycles. The average Bonchev–Trinajstić information content (AvgIpc) is 3.60. The Labute approximate surface area is 237 Å². The van der Waals surface area contributed by atoms with E-state index in [1.807, 2.05) is 4.52 Å². The van der Waals surface area contributed by atoms with E-state index in [9.17, 15) is 4.79 Å². The van der Waals surface area contributed by atoms with Gasteiger partial charge < -0.3 is 15.2 Å². The summed E-state index contributed by atoms with van der Waals surface area (Å²) in [6.07, 6.45) is 13.0. The highest BCUT2D eigenvalue weighted by molar-refractivity contribution is 5.92. The summed E-state index contributed by atoms with van der Waals surface area (Å²) in [7, 11) is 0. The van der Waals surface area contributed by atoms with Gasteiger partial charge in [0.25, 0.3) is 0 Å². The number of carbonyl (C=O) groups excluding carboxylic acids is 1. The van der Waals surface area contributed by atoms with E-state index in [1.165, 1.54) is 71.0 Å². The number of nitrogens with one attached hydrogen (secondary N) is 2. The van der Waals surface area contributed by atoms with Crippen LogP contribution in [-0.4, -0.2) is 56.1 Å². The largest absolute Gasteiger partial charge is 0.354 e. The number of nitrogens with zero attached hydrogens (tertiary/aromatic N) is 4. The number of amides is 1. The zero-order chi connectivity index (χ0) is 27.8. The van der Waals surface area contributed by atoms with Crippen LogP contribution in [0.4, 0.5) is 0 Å². The molecule has 1 aliphatic heterocycles. The van der Waals surface area contributed by atoms with E-state index in [0.717, 1.165) is 43.7 Å². The van der Waals surface area contributed by atoms with Gasteiger partial charge in [0, 0.05) is 54.8 Å². The molecule has 0 atom stereocenters. The molecule has 0 spiro atoms. The van der Waals surface area contributed by atoms with Crippen LogP contribution in [0.5, 0.6) is 0 Å². The van der Waals surface area contributed by atoms with Gasteiger partial charge in [0.1, 0.15) is 6.33 Å². The quantitative estimate of drug-likeness (QED) is 0.276. The van der Waals surface area contributed by atoms with Crippen molar-refractivity contribution in [2.24, 2.45) is 0 Å². The molecule has 6 rings (SSSR count). The first-order chi connectivity index (χ1) is 19.4. The highest BCUT2D eigenvalue weighted by Gasteiger charge is 2.26. The van der Waals surface area contributed by atoms with Crippen LogP contribution >= 0.6 is 0 Å². The number of likely N-dealkylation sites (tertiary alicyclic amines) is 1. The van der Waals surface area contributed by atoms with E-state index in [2.05, 4.69) is 77.4 Å². The van der Waals surface area contributed by atoms with Gasteiger partial charge >= 0.3 is 0 Å². The Bertz CT molecular complexity index is 1500. The van der Waals surface area contributed by atoms with Crippen LogP contribution in [-0.2, 0) is 4.79 Å². The van der Waals surface area contributed by atoms with Gasteiger partial charge in [0.2, 0.25) is 5.91 Å². The summed E-state index contributed by atoms with van der Waals surface area (Å²) in [5.74, 6) is 1.17. The lowest BCUT2D eigenvalue weighted by atomic mass is 9.87. The number of carbonyl (C=O) groups is 1. The third kappa shape index (κ3) is 5.16. The van der Waals surface area contributed by atoms with Crippen LogP contribution < -0.4 is 5.32 Å². The zero-order valence-electron chi connectivity index (χ0n) is 24.6. The number of aromatic amines is 1. The topological polar surface area (TPSA) is 78.3 Å². The Balaban J connectivity index is 1.18. The maximum Gasteiger partial charge on any atom is 0.223 e. The predicted molar refractivity (Wildman–Crippen MR) is 162 cm³/mol. The Morgan fingerprint density at radius 3 is 2.60 bits per heavy atom. The minimum atomic E-state index is 0.310. The van der Waals surface area contributed by atoms with Gasteiger partial charge in [-0.1, -0.05) is 39.2 Å². The molecule has 7 nitrogen and oxygen atoms in total. The second-order valence-electron chi connectivity index (χ2n) is 12.4. The summed E-state index contributed by atoms with van der Waals surface area (Å²) in [5.41, 5.74) is 9.61. The van der Waals surface area contributed by atoms with Crippen LogP contribution in [0.15, 0.2) is 30.7 Å². The lowest BCUT2D eigenvalue weighted by Crippen LogP contribution is -2.40. The Morgan fingerprint density at radius 1 is 1.07 bits per heavy atom. The van der Waals surface area contributed by atoms with Crippen molar-refractivity contribution in [1.82, 2.24) is 29.8 Å². The molecule has 0 bridgehead atoms. The fourth-order valence-electron chi connectivity index (χ4n) is 7.06. The number of pyridine rings is 1. The number of hydrogen-bond acceptors (Lipinski definition) is 4. The fourth-order valence-corrected chi connectivity index (χ4v) is 7.06. The molecule has 2 fully saturated rings. The van der Waals surface area contributed by atoms with Crippen molar-refractivity contribution >= 4 is 22.5 Å². The maximum absolute atomic E-state index is 12.9. The van der Waals surface area contributed by atoms with Crippen LogP contribution in [0.1, 0.15) is 99.3 Å². The summed E-state index contributed by atoms with van der Waals surface area (Å²) in [6.45, 7) is 11.4. The Kier molecular flexibility index (Phi) is 7.67. The number of H-pyrrole nitrogens is 1. The van der Waals surface area contributed by atoms with Gasteiger partial charge in [0.15, 0.2) is 5.65 Å². The third-order valence-electron chi connectivity index (χ3n) is 9.53. The van der Waals surface area contributed by atoms with E-state index >= 15 is 0 Å². The number of rotatable bonds is 7. The summed E-state index contributed by atoms with van der Waals surface area (Å²) in [5, 5.41) is 9.36. The Morgan fingerprint density at radius 2 is 1.85 bits per heavy atom. The van der Waals surface area contributed by atoms with E-state index in [-0.39, 0.29) is 0 Å². The third-order valence-corrected chi connectivity index (χ3v) is 9.53. The van der Waals surface area contributed by atoms with E-state index < -0.39 is 0 Å². The first-order valence-electron chi connectivity index (χ1n) is 15.4. The molecule has 2 aliphatic rings. The molecule has 1 saturated heterocycles. The molecule has 1 amide bonds. The van der Waals surface area contributed by atoms with Crippen molar-refractivity contribution in [3.63, 3.8) is 0 Å². The molecule has 2 N–H and O–H groups in total. The van der Waals surface area contributed by atoms with Gasteiger partial charge in [0.05, 0.1) is 5.69 Å². The highest BCUT2D eigenvalue weighted by Crippen LogP contribution is 2.40. The van der Waals surface area contributed by atoms with Gasteiger partial charge in [-0.3, -0.25) is 4.79 Å². The monoisotopic (exact) mass is 540 g/mol. The van der Waals surface area contributed by atoms with Crippen molar-refractivity contribution < 1.29 is 4.79 Å². The predicted octanol–water partition coefficient (Wildman–Crippen LogP) is 6.64. The van der Waals surface area contributed by atoms with Crippen LogP contribution in [0.3, 0.4) is 0 Å². The second kappa shape index (κ2) is 11.4. The Hall–Kier alpha value is -3.19. The number of piperidine rings is 1. The molecular formula is C33H44N6O. The fraction of sp³-hybridized carbons (Fsp3) is 0.545. The summed E-state index contributed by atoms with van der Waals surface area (Å²) in [4.78, 5) is 23.2. The molecule has 0 unspecified atom stereocenters. The van der Waals surface area contributed by atoms with E-state index in [0.29, 0.717) is 30.2 Å². The summed E-state index contributed by atoms with van der Waals surface area (Å²) in [6, 6.07) is 7.58. The average molecular weight is 541 g/mol. The van der Waals surface area contributed by atoms with Crippen molar-refractivity contribution in [2.75, 3.05) is 19.6 Å². The van der Waals surface area contributed by atoms with Crippen LogP contribution in [0, 0.1) is 13.8 Å². The van der Waals surface area contributed by atoms with Gasteiger partial charge in [-0.2, -0.15) is 5.10 Å². The molecule has 40 heavy (non-hydrogen) atoms. The van der Waals surface area contributed by atoms with Gasteiger partial charge in [-0.25, -0.2) is 9.50 Å². The molecule has 212 valence electrons. The maximum atomic E-state index is 12.9. The van der Waals surface area contributed by atoms with Crippen molar-refractivity contribution in [1.29, 1.82) is 0 Å². The SMILES string of the molecule is Cc1c(-c2[nH]c3ccc(C4CCN(C(=O)CCNC5CCCCC5)CC4)cc3c2C(C)C)cn2ncnc2c1C. The van der Waals surface area contributed by atoms with Crippen LogP contribution in [0.25, 0.3) is 27.8 Å². The van der Waals surface area contributed by atoms with Gasteiger partial charge in [-0.05, 0) is 85.8 Å². The molecule has 4 aromatic rings.